The van der Waals surface area contributed by atoms with Crippen molar-refractivity contribution in [3.8, 4) is 0 Å². The Bertz CT molecular complexity index is 326. The van der Waals surface area contributed by atoms with E-state index in [0.29, 0.717) is 11.8 Å². The topological polar surface area (TPSA) is 12.0 Å². The molecule has 16 heavy (non-hydrogen) atoms. The molecule has 0 saturated carbocycles. The smallest absolute Gasteiger partial charge is 0.00227 e. The van der Waals surface area contributed by atoms with E-state index in [4.69, 9.17) is 0 Å². The van der Waals surface area contributed by atoms with E-state index in [1.165, 1.54) is 24.1 Å². The summed E-state index contributed by atoms with van der Waals surface area (Å²) in [5, 5.41) is 3.50. The van der Waals surface area contributed by atoms with E-state index in [-0.39, 0.29) is 0 Å². The number of piperidine rings is 1. The molecule has 1 heteroatoms. The van der Waals surface area contributed by atoms with Gasteiger partial charge in [0.25, 0.3) is 0 Å². The maximum atomic E-state index is 3.50. The zero-order valence-electron chi connectivity index (χ0n) is 10.7. The van der Waals surface area contributed by atoms with E-state index in [1.807, 2.05) is 0 Å². The van der Waals surface area contributed by atoms with Crippen LogP contribution in [0.4, 0.5) is 0 Å². The van der Waals surface area contributed by atoms with Gasteiger partial charge in [-0.05, 0) is 41.8 Å². The lowest BCUT2D eigenvalue weighted by Crippen LogP contribution is -2.33. The second-order valence-electron chi connectivity index (χ2n) is 5.40. The fourth-order valence-electron chi connectivity index (χ4n) is 2.56. The monoisotopic (exact) mass is 217 g/mol. The minimum atomic E-state index is 0.635. The Kier molecular flexibility index (Phi) is 3.65. The third-order valence-electron chi connectivity index (χ3n) is 3.86. The van der Waals surface area contributed by atoms with Crippen molar-refractivity contribution < 1.29 is 0 Å². The molecule has 1 aliphatic heterocycles. The highest BCUT2D eigenvalue weighted by molar-refractivity contribution is 5.28. The van der Waals surface area contributed by atoms with E-state index in [0.717, 1.165) is 12.5 Å². The second kappa shape index (κ2) is 5.01. The van der Waals surface area contributed by atoms with Gasteiger partial charge in [-0.15, -0.1) is 0 Å². The normalized spacial score (nSPS) is 26.0. The maximum Gasteiger partial charge on any atom is 0.00227 e. The first-order valence-corrected chi connectivity index (χ1v) is 6.49. The molecule has 2 atom stereocenters. The summed E-state index contributed by atoms with van der Waals surface area (Å²) in [6.45, 7) is 9.20. The molecule has 1 aromatic carbocycles. The summed E-state index contributed by atoms with van der Waals surface area (Å²) < 4.78 is 0. The Labute approximate surface area is 99.3 Å². The van der Waals surface area contributed by atoms with Crippen molar-refractivity contribution in [3.63, 3.8) is 0 Å². The lowest BCUT2D eigenvalue weighted by Gasteiger charge is -2.30. The Balaban J connectivity index is 2.14. The predicted molar refractivity (Wildman–Crippen MR) is 69.9 cm³/mol. The minimum absolute atomic E-state index is 0.635. The van der Waals surface area contributed by atoms with Gasteiger partial charge in [0.1, 0.15) is 0 Å². The van der Waals surface area contributed by atoms with Crippen LogP contribution in [0.5, 0.6) is 0 Å². The quantitative estimate of drug-likeness (QED) is 0.799. The van der Waals surface area contributed by atoms with Gasteiger partial charge in [0.15, 0.2) is 0 Å². The summed E-state index contributed by atoms with van der Waals surface area (Å²) in [7, 11) is 0. The first-order valence-electron chi connectivity index (χ1n) is 6.49. The fourth-order valence-corrected chi connectivity index (χ4v) is 2.56. The standard InChI is InChI=1S/C15H23N/c1-11(2)13-4-6-14(7-5-13)15-10-16-9-8-12(15)3/h4-7,11-12,15-16H,8-10H2,1-3H3. The number of nitrogens with one attached hydrogen (secondary N) is 1. The summed E-state index contributed by atoms with van der Waals surface area (Å²) in [5.74, 6) is 2.15. The van der Waals surface area contributed by atoms with Crippen molar-refractivity contribution in [2.75, 3.05) is 13.1 Å². The molecule has 2 rings (SSSR count). The van der Waals surface area contributed by atoms with Gasteiger partial charge in [-0.2, -0.15) is 0 Å². The second-order valence-corrected chi connectivity index (χ2v) is 5.40. The Morgan fingerprint density at radius 1 is 1.19 bits per heavy atom. The highest BCUT2D eigenvalue weighted by atomic mass is 14.9. The van der Waals surface area contributed by atoms with Crippen molar-refractivity contribution >= 4 is 0 Å². The predicted octanol–water partition coefficient (Wildman–Crippen LogP) is 3.52. The molecule has 0 bridgehead atoms. The van der Waals surface area contributed by atoms with Crippen LogP contribution in [-0.4, -0.2) is 13.1 Å². The SMILES string of the molecule is CC(C)c1ccc(C2CNCCC2C)cc1. The van der Waals surface area contributed by atoms with Gasteiger partial charge in [0, 0.05) is 6.54 Å². The van der Waals surface area contributed by atoms with Crippen LogP contribution in [0.2, 0.25) is 0 Å². The highest BCUT2D eigenvalue weighted by Gasteiger charge is 2.22. The molecule has 1 nitrogen and oxygen atoms in total. The molecular weight excluding hydrogens is 194 g/mol. The molecule has 1 heterocycles. The molecule has 88 valence electrons. The maximum absolute atomic E-state index is 3.50. The Morgan fingerprint density at radius 2 is 1.88 bits per heavy atom. The van der Waals surface area contributed by atoms with Crippen LogP contribution in [0.25, 0.3) is 0 Å². The van der Waals surface area contributed by atoms with Gasteiger partial charge in [0.05, 0.1) is 0 Å². The number of hydrogen-bond acceptors (Lipinski definition) is 1. The summed E-state index contributed by atoms with van der Waals surface area (Å²) in [4.78, 5) is 0. The van der Waals surface area contributed by atoms with Crippen LogP contribution in [0.15, 0.2) is 24.3 Å². The molecular formula is C15H23N. The van der Waals surface area contributed by atoms with Crippen LogP contribution in [-0.2, 0) is 0 Å². The highest BCUT2D eigenvalue weighted by Crippen LogP contribution is 2.29. The zero-order chi connectivity index (χ0) is 11.5. The molecule has 1 aromatic rings. The van der Waals surface area contributed by atoms with Crippen LogP contribution >= 0.6 is 0 Å². The average Bonchev–Trinajstić information content (AvgIpc) is 2.30. The van der Waals surface area contributed by atoms with Gasteiger partial charge in [0.2, 0.25) is 0 Å². The van der Waals surface area contributed by atoms with Crippen molar-refractivity contribution in [3.05, 3.63) is 35.4 Å². The molecule has 1 aliphatic rings. The molecule has 0 amide bonds. The summed E-state index contributed by atoms with van der Waals surface area (Å²) in [6.07, 6.45) is 1.30. The van der Waals surface area contributed by atoms with E-state index < -0.39 is 0 Å². The van der Waals surface area contributed by atoms with Crippen LogP contribution in [0, 0.1) is 5.92 Å². The Morgan fingerprint density at radius 3 is 2.44 bits per heavy atom. The van der Waals surface area contributed by atoms with Gasteiger partial charge in [-0.25, -0.2) is 0 Å². The average molecular weight is 217 g/mol. The molecule has 0 spiro atoms. The third kappa shape index (κ3) is 2.46. The lowest BCUT2D eigenvalue weighted by molar-refractivity contribution is 0.348. The van der Waals surface area contributed by atoms with Gasteiger partial charge < -0.3 is 5.32 Å². The largest absolute Gasteiger partial charge is 0.316 e. The molecule has 0 aliphatic carbocycles. The van der Waals surface area contributed by atoms with Gasteiger partial charge >= 0.3 is 0 Å². The first-order chi connectivity index (χ1) is 7.68. The molecule has 2 unspecified atom stereocenters. The van der Waals surface area contributed by atoms with Gasteiger partial charge in [-0.3, -0.25) is 0 Å². The molecule has 1 N–H and O–H groups in total. The van der Waals surface area contributed by atoms with Crippen LogP contribution < -0.4 is 5.32 Å². The molecule has 1 saturated heterocycles. The van der Waals surface area contributed by atoms with Crippen molar-refractivity contribution in [2.24, 2.45) is 5.92 Å². The van der Waals surface area contributed by atoms with Crippen LogP contribution in [0.1, 0.15) is 50.2 Å². The molecule has 1 fully saturated rings. The molecule has 0 aromatic heterocycles. The van der Waals surface area contributed by atoms with E-state index in [2.05, 4.69) is 50.4 Å². The summed E-state index contributed by atoms with van der Waals surface area (Å²) in [5.41, 5.74) is 2.95. The number of rotatable bonds is 2. The Hall–Kier alpha value is -0.820. The summed E-state index contributed by atoms with van der Waals surface area (Å²) in [6, 6.07) is 9.23. The van der Waals surface area contributed by atoms with Crippen molar-refractivity contribution in [1.82, 2.24) is 5.32 Å². The number of hydrogen-bond donors (Lipinski definition) is 1. The van der Waals surface area contributed by atoms with Gasteiger partial charge in [-0.1, -0.05) is 45.0 Å². The van der Waals surface area contributed by atoms with E-state index in [1.54, 1.807) is 0 Å². The van der Waals surface area contributed by atoms with E-state index in [9.17, 15) is 0 Å². The zero-order valence-corrected chi connectivity index (χ0v) is 10.7. The molecule has 0 radical (unpaired) electrons. The first kappa shape index (κ1) is 11.7. The minimum Gasteiger partial charge on any atom is -0.316 e. The van der Waals surface area contributed by atoms with Crippen molar-refractivity contribution in [1.29, 1.82) is 0 Å². The third-order valence-corrected chi connectivity index (χ3v) is 3.86. The number of benzene rings is 1. The van der Waals surface area contributed by atoms with E-state index >= 15 is 0 Å². The summed E-state index contributed by atoms with van der Waals surface area (Å²) >= 11 is 0. The van der Waals surface area contributed by atoms with Crippen LogP contribution in [0.3, 0.4) is 0 Å². The van der Waals surface area contributed by atoms with Crippen molar-refractivity contribution in [2.45, 2.75) is 39.0 Å². The lowest BCUT2D eigenvalue weighted by atomic mass is 9.82. The fraction of sp³-hybridized carbons (Fsp3) is 0.600.